The number of halogens is 1. The maximum atomic E-state index is 6.01. The molecule has 0 aliphatic heterocycles. The van der Waals surface area contributed by atoms with Gasteiger partial charge in [0.05, 0.1) is 5.52 Å². The summed E-state index contributed by atoms with van der Waals surface area (Å²) in [5.41, 5.74) is 3.97. The third-order valence-electron chi connectivity index (χ3n) is 3.84. The van der Waals surface area contributed by atoms with Gasteiger partial charge in [-0.3, -0.25) is 0 Å². The van der Waals surface area contributed by atoms with Crippen LogP contribution in [0.2, 0.25) is 5.02 Å². The van der Waals surface area contributed by atoms with E-state index in [4.69, 9.17) is 11.6 Å². The van der Waals surface area contributed by atoms with E-state index in [1.165, 1.54) is 6.33 Å². The van der Waals surface area contributed by atoms with E-state index < -0.39 is 0 Å². The first-order valence-electron chi connectivity index (χ1n) is 7.11. The molecule has 2 aromatic carbocycles. The molecule has 0 amide bonds. The predicted octanol–water partition coefficient (Wildman–Crippen LogP) is 2.85. The maximum Gasteiger partial charge on any atom is 0.137 e. The minimum absolute atomic E-state index is 0.0961. The van der Waals surface area contributed by atoms with Crippen molar-refractivity contribution in [2.24, 2.45) is 7.05 Å². The molecule has 114 valence electrons. The molecule has 0 aliphatic rings. The fourth-order valence-electron chi connectivity index (χ4n) is 2.72. The van der Waals surface area contributed by atoms with Gasteiger partial charge in [0.2, 0.25) is 0 Å². The maximum absolute atomic E-state index is 6.01. The van der Waals surface area contributed by atoms with Crippen molar-refractivity contribution in [3.63, 3.8) is 0 Å². The molecular weight excluding hydrogens is 312 g/mol. The molecule has 0 fully saturated rings. The van der Waals surface area contributed by atoms with E-state index in [1.54, 1.807) is 11.0 Å². The van der Waals surface area contributed by atoms with Crippen LogP contribution < -0.4 is 0 Å². The smallest absolute Gasteiger partial charge is 0.137 e. The fourth-order valence-corrected chi connectivity index (χ4v) is 2.85. The summed E-state index contributed by atoms with van der Waals surface area (Å²) < 4.78 is 3.58. The quantitative estimate of drug-likeness (QED) is 0.581. The van der Waals surface area contributed by atoms with Gasteiger partial charge in [-0.2, -0.15) is 5.10 Å². The van der Waals surface area contributed by atoms with Gasteiger partial charge in [0.25, 0.3) is 0 Å². The largest absolute Gasteiger partial charge is 0.248 e. The normalized spacial score (nSPS) is 12.6. The van der Waals surface area contributed by atoms with Gasteiger partial charge in [0, 0.05) is 12.1 Å². The lowest BCUT2D eigenvalue weighted by atomic mass is 9.98. The summed E-state index contributed by atoms with van der Waals surface area (Å²) in [4.78, 5) is 4.07. The van der Waals surface area contributed by atoms with Crippen LogP contribution in [0, 0.1) is 0 Å². The Morgan fingerprint density at radius 1 is 1.04 bits per heavy atom. The van der Waals surface area contributed by atoms with Gasteiger partial charge in [-0.15, -0.1) is 5.10 Å². The molecule has 7 heteroatoms. The molecule has 0 spiro atoms. The molecular formula is C16H13ClN6. The van der Waals surface area contributed by atoms with E-state index in [0.717, 1.165) is 22.2 Å². The lowest BCUT2D eigenvalue weighted by molar-refractivity contribution is 0.594. The van der Waals surface area contributed by atoms with Gasteiger partial charge in [-0.05, 0) is 35.4 Å². The van der Waals surface area contributed by atoms with Crippen LogP contribution in [0.3, 0.4) is 0 Å². The van der Waals surface area contributed by atoms with Crippen molar-refractivity contribution in [1.82, 2.24) is 29.8 Å². The number of fused-ring (bicyclic) bond motifs is 1. The van der Waals surface area contributed by atoms with E-state index in [2.05, 4.69) is 26.5 Å². The zero-order chi connectivity index (χ0) is 15.8. The second-order valence-electron chi connectivity index (χ2n) is 5.29. The summed E-state index contributed by atoms with van der Waals surface area (Å²) in [5, 5.41) is 13.3. The molecule has 1 unspecified atom stereocenters. The van der Waals surface area contributed by atoms with Crippen LogP contribution >= 0.6 is 11.6 Å². The average Bonchev–Trinajstić information content (AvgIpc) is 3.20. The molecule has 2 heterocycles. The SMILES string of the molecule is Cn1nnc2cc(C(c3ccc(Cl)cc3)n3cncn3)ccc21. The van der Waals surface area contributed by atoms with Crippen LogP contribution in [0.5, 0.6) is 0 Å². The molecule has 0 radical (unpaired) electrons. The Hall–Kier alpha value is -2.73. The lowest BCUT2D eigenvalue weighted by Crippen LogP contribution is -2.13. The van der Waals surface area contributed by atoms with Crippen LogP contribution in [0.25, 0.3) is 11.0 Å². The Kier molecular flexibility index (Phi) is 3.31. The number of aromatic nitrogens is 6. The van der Waals surface area contributed by atoms with Gasteiger partial charge in [-0.1, -0.05) is 35.0 Å². The van der Waals surface area contributed by atoms with Crippen LogP contribution in [0.1, 0.15) is 17.2 Å². The molecule has 23 heavy (non-hydrogen) atoms. The predicted molar refractivity (Wildman–Crippen MR) is 87.2 cm³/mol. The molecule has 4 aromatic rings. The highest BCUT2D eigenvalue weighted by Crippen LogP contribution is 2.28. The van der Waals surface area contributed by atoms with Crippen molar-refractivity contribution in [3.8, 4) is 0 Å². The Morgan fingerprint density at radius 2 is 1.83 bits per heavy atom. The summed E-state index contributed by atoms with van der Waals surface area (Å²) >= 11 is 6.01. The summed E-state index contributed by atoms with van der Waals surface area (Å²) in [6.45, 7) is 0. The number of nitrogens with zero attached hydrogens (tertiary/aromatic N) is 6. The summed E-state index contributed by atoms with van der Waals surface area (Å²) in [7, 11) is 1.88. The molecule has 6 nitrogen and oxygen atoms in total. The van der Waals surface area contributed by atoms with E-state index in [0.29, 0.717) is 5.02 Å². The second kappa shape index (κ2) is 5.48. The molecule has 0 saturated heterocycles. The lowest BCUT2D eigenvalue weighted by Gasteiger charge is -2.18. The first kappa shape index (κ1) is 13.9. The van der Waals surface area contributed by atoms with E-state index >= 15 is 0 Å². The monoisotopic (exact) mass is 324 g/mol. The molecule has 4 rings (SSSR count). The average molecular weight is 325 g/mol. The Bertz CT molecular complexity index is 943. The molecule has 0 saturated carbocycles. The fraction of sp³-hybridized carbons (Fsp3) is 0.125. The van der Waals surface area contributed by atoms with E-state index in [9.17, 15) is 0 Å². The topological polar surface area (TPSA) is 61.4 Å². The minimum Gasteiger partial charge on any atom is -0.248 e. The van der Waals surface area contributed by atoms with Crippen LogP contribution in [-0.4, -0.2) is 29.8 Å². The first-order valence-corrected chi connectivity index (χ1v) is 7.49. The van der Waals surface area contributed by atoms with Crippen molar-refractivity contribution in [2.45, 2.75) is 6.04 Å². The summed E-state index contributed by atoms with van der Waals surface area (Å²) in [5.74, 6) is 0. The Labute approximate surface area is 137 Å². The van der Waals surface area contributed by atoms with Crippen LogP contribution in [0.15, 0.2) is 55.1 Å². The highest BCUT2D eigenvalue weighted by Gasteiger charge is 2.18. The van der Waals surface area contributed by atoms with Crippen molar-refractivity contribution in [3.05, 3.63) is 71.3 Å². The number of rotatable bonds is 3. The zero-order valence-corrected chi connectivity index (χ0v) is 13.1. The number of aryl methyl sites for hydroxylation is 1. The van der Waals surface area contributed by atoms with Gasteiger partial charge >= 0.3 is 0 Å². The third kappa shape index (κ3) is 2.47. The molecule has 0 bridgehead atoms. The molecule has 0 aliphatic carbocycles. The summed E-state index contributed by atoms with van der Waals surface area (Å²) in [6.07, 6.45) is 3.24. The van der Waals surface area contributed by atoms with Crippen molar-refractivity contribution >= 4 is 22.6 Å². The second-order valence-corrected chi connectivity index (χ2v) is 5.73. The van der Waals surface area contributed by atoms with Gasteiger partial charge in [-0.25, -0.2) is 14.3 Å². The third-order valence-corrected chi connectivity index (χ3v) is 4.09. The van der Waals surface area contributed by atoms with Gasteiger partial charge in [0.1, 0.15) is 24.2 Å². The molecule has 1 atom stereocenters. The minimum atomic E-state index is -0.0961. The molecule has 0 N–H and O–H groups in total. The van der Waals surface area contributed by atoms with Crippen LogP contribution in [0.4, 0.5) is 0 Å². The molecule has 2 aromatic heterocycles. The Morgan fingerprint density at radius 3 is 2.57 bits per heavy atom. The van der Waals surface area contributed by atoms with E-state index in [1.807, 2.05) is 48.1 Å². The number of benzene rings is 2. The summed E-state index contributed by atoms with van der Waals surface area (Å²) in [6, 6.07) is 13.8. The highest BCUT2D eigenvalue weighted by molar-refractivity contribution is 6.30. The standard InChI is InChI=1S/C16H13ClN6/c1-22-15-7-4-12(8-14(15)20-21-22)16(23-10-18-9-19-23)11-2-5-13(17)6-3-11/h2-10,16H,1H3. The van der Waals surface area contributed by atoms with Crippen LogP contribution in [-0.2, 0) is 7.05 Å². The highest BCUT2D eigenvalue weighted by atomic mass is 35.5. The number of hydrogen-bond acceptors (Lipinski definition) is 4. The van der Waals surface area contributed by atoms with Crippen molar-refractivity contribution in [2.75, 3.05) is 0 Å². The van der Waals surface area contributed by atoms with Crippen molar-refractivity contribution < 1.29 is 0 Å². The van der Waals surface area contributed by atoms with E-state index in [-0.39, 0.29) is 6.04 Å². The van der Waals surface area contributed by atoms with Gasteiger partial charge < -0.3 is 0 Å². The number of hydrogen-bond donors (Lipinski definition) is 0. The van der Waals surface area contributed by atoms with Gasteiger partial charge in [0.15, 0.2) is 0 Å². The first-order chi connectivity index (χ1) is 11.2. The Balaban J connectivity index is 1.88. The zero-order valence-electron chi connectivity index (χ0n) is 12.3. The van der Waals surface area contributed by atoms with Crippen molar-refractivity contribution in [1.29, 1.82) is 0 Å².